The Labute approximate surface area is 180 Å². The number of carbonyl (C=O) groups is 1. The summed E-state index contributed by atoms with van der Waals surface area (Å²) in [5, 5.41) is 6.74. The quantitative estimate of drug-likeness (QED) is 0.459. The van der Waals surface area contributed by atoms with Crippen LogP contribution in [-0.2, 0) is 17.5 Å². The molecule has 0 aliphatic rings. The van der Waals surface area contributed by atoms with Crippen molar-refractivity contribution in [1.82, 2.24) is 25.1 Å². The SMILES string of the molecule is CC(C(=O)NCc1cc(C(F)(F)F)nn1-c1cccc(Cl)c1)c1ccc2nc[nH]c2c1. The van der Waals surface area contributed by atoms with E-state index in [4.69, 9.17) is 11.6 Å². The third-order valence-corrected chi connectivity index (χ3v) is 5.14. The van der Waals surface area contributed by atoms with Crippen LogP contribution in [0.2, 0.25) is 5.02 Å². The molecule has 0 radical (unpaired) electrons. The van der Waals surface area contributed by atoms with Crippen LogP contribution >= 0.6 is 11.6 Å². The van der Waals surface area contributed by atoms with E-state index >= 15 is 0 Å². The van der Waals surface area contributed by atoms with Gasteiger partial charge < -0.3 is 10.3 Å². The van der Waals surface area contributed by atoms with Crippen molar-refractivity contribution in [3.05, 3.63) is 76.8 Å². The maximum atomic E-state index is 13.2. The Kier molecular flexibility index (Phi) is 5.45. The molecular weight excluding hydrogens is 431 g/mol. The zero-order valence-corrected chi connectivity index (χ0v) is 17.0. The molecule has 0 aliphatic carbocycles. The molecular formula is C21H17ClF3N5O. The Hall–Kier alpha value is -3.33. The standard InChI is InChI=1S/C21H17ClF3N5O/c1-12(13-5-6-17-18(7-13)28-11-27-17)20(31)26-10-16-9-19(21(23,24)25)29-30(16)15-4-2-3-14(22)8-15/h2-9,11-12H,10H2,1H3,(H,26,31)(H,27,28). The van der Waals surface area contributed by atoms with Gasteiger partial charge in [-0.25, -0.2) is 9.67 Å². The van der Waals surface area contributed by atoms with Crippen LogP contribution in [0.15, 0.2) is 54.9 Å². The molecule has 0 bridgehead atoms. The van der Waals surface area contributed by atoms with Crippen LogP contribution in [0.25, 0.3) is 16.7 Å². The first-order valence-corrected chi connectivity index (χ1v) is 9.73. The number of fused-ring (bicyclic) bond motifs is 1. The molecule has 2 aromatic heterocycles. The second-order valence-electron chi connectivity index (χ2n) is 7.03. The van der Waals surface area contributed by atoms with E-state index in [1.165, 1.54) is 6.07 Å². The van der Waals surface area contributed by atoms with Crippen LogP contribution in [-0.4, -0.2) is 25.7 Å². The number of H-pyrrole nitrogens is 1. The lowest BCUT2D eigenvalue weighted by molar-refractivity contribution is -0.141. The van der Waals surface area contributed by atoms with Gasteiger partial charge in [-0.2, -0.15) is 18.3 Å². The number of hydrogen-bond donors (Lipinski definition) is 2. The average molecular weight is 448 g/mol. The predicted molar refractivity (Wildman–Crippen MR) is 110 cm³/mol. The van der Waals surface area contributed by atoms with E-state index in [1.807, 2.05) is 6.07 Å². The summed E-state index contributed by atoms with van der Waals surface area (Å²) < 4.78 is 40.8. The van der Waals surface area contributed by atoms with E-state index in [2.05, 4.69) is 20.4 Å². The second kappa shape index (κ2) is 8.07. The molecule has 2 aromatic carbocycles. The number of nitrogens with one attached hydrogen (secondary N) is 2. The van der Waals surface area contributed by atoms with Gasteiger partial charge in [0.2, 0.25) is 5.91 Å². The molecule has 160 valence electrons. The van der Waals surface area contributed by atoms with Gasteiger partial charge in [0, 0.05) is 5.02 Å². The lowest BCUT2D eigenvalue weighted by atomic mass is 10.00. The summed E-state index contributed by atoms with van der Waals surface area (Å²) >= 11 is 5.97. The number of alkyl halides is 3. The van der Waals surface area contributed by atoms with Crippen LogP contribution in [0.5, 0.6) is 0 Å². The van der Waals surface area contributed by atoms with Crippen molar-refractivity contribution in [3.8, 4) is 5.69 Å². The number of hydrogen-bond acceptors (Lipinski definition) is 3. The molecule has 1 atom stereocenters. The maximum absolute atomic E-state index is 13.2. The molecule has 4 rings (SSSR count). The van der Waals surface area contributed by atoms with Crippen LogP contribution in [0.4, 0.5) is 13.2 Å². The number of imidazole rings is 1. The fraction of sp³-hybridized carbons (Fsp3) is 0.190. The average Bonchev–Trinajstić information content (AvgIpc) is 3.37. The van der Waals surface area contributed by atoms with Gasteiger partial charge >= 0.3 is 6.18 Å². The smallest absolute Gasteiger partial charge is 0.350 e. The fourth-order valence-corrected chi connectivity index (χ4v) is 3.40. The summed E-state index contributed by atoms with van der Waals surface area (Å²) in [4.78, 5) is 19.8. The molecule has 31 heavy (non-hydrogen) atoms. The molecule has 0 saturated heterocycles. The van der Waals surface area contributed by atoms with Crippen molar-refractivity contribution >= 4 is 28.5 Å². The Bertz CT molecular complexity index is 1250. The number of carbonyl (C=O) groups excluding carboxylic acids is 1. The zero-order chi connectivity index (χ0) is 22.2. The summed E-state index contributed by atoms with van der Waals surface area (Å²) in [6.45, 7) is 1.59. The summed E-state index contributed by atoms with van der Waals surface area (Å²) in [6, 6.07) is 12.7. The summed E-state index contributed by atoms with van der Waals surface area (Å²) in [7, 11) is 0. The Morgan fingerprint density at radius 2 is 2.03 bits per heavy atom. The van der Waals surface area contributed by atoms with Gasteiger partial charge in [-0.15, -0.1) is 0 Å². The maximum Gasteiger partial charge on any atom is 0.435 e. The van der Waals surface area contributed by atoms with E-state index in [9.17, 15) is 18.0 Å². The number of aromatic nitrogens is 4. The van der Waals surface area contributed by atoms with Gasteiger partial charge in [0.15, 0.2) is 5.69 Å². The summed E-state index contributed by atoms with van der Waals surface area (Å²) in [5.41, 5.74) is 1.83. The van der Waals surface area contributed by atoms with Crippen molar-refractivity contribution < 1.29 is 18.0 Å². The third-order valence-electron chi connectivity index (χ3n) is 4.91. The van der Waals surface area contributed by atoms with Gasteiger partial charge in [0.25, 0.3) is 0 Å². The predicted octanol–water partition coefficient (Wildman–Crippen LogP) is 4.84. The molecule has 0 fully saturated rings. The minimum atomic E-state index is -4.62. The van der Waals surface area contributed by atoms with Gasteiger partial charge in [-0.05, 0) is 48.9 Å². The molecule has 1 unspecified atom stereocenters. The minimum Gasteiger partial charge on any atom is -0.350 e. The first-order chi connectivity index (χ1) is 14.7. The highest BCUT2D eigenvalue weighted by Gasteiger charge is 2.35. The molecule has 2 N–H and O–H groups in total. The van der Waals surface area contributed by atoms with Crippen LogP contribution in [0, 0.1) is 0 Å². The van der Waals surface area contributed by atoms with Gasteiger partial charge in [-0.1, -0.05) is 23.7 Å². The normalized spacial score (nSPS) is 12.8. The van der Waals surface area contributed by atoms with Crippen LogP contribution < -0.4 is 5.32 Å². The summed E-state index contributed by atoms with van der Waals surface area (Å²) in [5.74, 6) is -0.844. The molecule has 0 spiro atoms. The highest BCUT2D eigenvalue weighted by Crippen LogP contribution is 2.30. The third kappa shape index (κ3) is 4.41. The zero-order valence-electron chi connectivity index (χ0n) is 16.2. The van der Waals surface area contributed by atoms with Crippen molar-refractivity contribution in [1.29, 1.82) is 0 Å². The number of nitrogens with zero attached hydrogens (tertiary/aromatic N) is 3. The Morgan fingerprint density at radius 3 is 2.77 bits per heavy atom. The van der Waals surface area contributed by atoms with Gasteiger partial charge in [0.1, 0.15) is 0 Å². The second-order valence-corrected chi connectivity index (χ2v) is 7.47. The van der Waals surface area contributed by atoms with Crippen molar-refractivity contribution in [2.75, 3.05) is 0 Å². The lowest BCUT2D eigenvalue weighted by Crippen LogP contribution is -2.28. The van der Waals surface area contributed by atoms with Gasteiger partial charge in [-0.3, -0.25) is 4.79 Å². The fourth-order valence-electron chi connectivity index (χ4n) is 3.22. The van der Waals surface area contributed by atoms with Crippen molar-refractivity contribution in [3.63, 3.8) is 0 Å². The first-order valence-electron chi connectivity index (χ1n) is 9.35. The number of benzene rings is 2. The lowest BCUT2D eigenvalue weighted by Gasteiger charge is -2.14. The minimum absolute atomic E-state index is 0.134. The monoisotopic (exact) mass is 447 g/mol. The molecule has 0 saturated carbocycles. The number of halogens is 4. The van der Waals surface area contributed by atoms with E-state index in [0.29, 0.717) is 10.7 Å². The largest absolute Gasteiger partial charge is 0.435 e. The van der Waals surface area contributed by atoms with E-state index in [-0.39, 0.29) is 18.1 Å². The number of aromatic amines is 1. The number of amides is 1. The van der Waals surface area contributed by atoms with Crippen LogP contribution in [0.3, 0.4) is 0 Å². The Morgan fingerprint density at radius 1 is 1.23 bits per heavy atom. The molecule has 10 heteroatoms. The molecule has 6 nitrogen and oxygen atoms in total. The van der Waals surface area contributed by atoms with E-state index < -0.39 is 17.8 Å². The van der Waals surface area contributed by atoms with Gasteiger partial charge in [0.05, 0.1) is 41.2 Å². The highest BCUT2D eigenvalue weighted by molar-refractivity contribution is 6.30. The highest BCUT2D eigenvalue weighted by atomic mass is 35.5. The molecule has 0 aliphatic heterocycles. The molecule has 2 heterocycles. The van der Waals surface area contributed by atoms with E-state index in [1.54, 1.807) is 43.6 Å². The summed E-state index contributed by atoms with van der Waals surface area (Å²) in [6.07, 6.45) is -3.05. The van der Waals surface area contributed by atoms with Crippen LogP contribution in [0.1, 0.15) is 29.8 Å². The Balaban J connectivity index is 1.56. The van der Waals surface area contributed by atoms with Crippen molar-refractivity contribution in [2.24, 2.45) is 0 Å². The first kappa shape index (κ1) is 20.9. The molecule has 1 amide bonds. The van der Waals surface area contributed by atoms with Crippen molar-refractivity contribution in [2.45, 2.75) is 25.6 Å². The molecule has 4 aromatic rings. The number of rotatable bonds is 5. The topological polar surface area (TPSA) is 75.6 Å². The van der Waals surface area contributed by atoms with E-state index in [0.717, 1.165) is 27.3 Å².